The Morgan fingerprint density at radius 1 is 1.48 bits per heavy atom. The lowest BCUT2D eigenvalue weighted by atomic mass is 10.2. The standard InChI is InChI=1S/C14H19N3O3S/c1-3-4-7-15-14(18)12-5-6-13(8-12)21(19,20)17-9-11(2)16-10-17/h6,8-10H,3-5,7H2,1-2H3,(H,15,18). The Morgan fingerprint density at radius 3 is 2.86 bits per heavy atom. The minimum Gasteiger partial charge on any atom is -0.352 e. The van der Waals surface area contributed by atoms with Crippen molar-refractivity contribution in [2.45, 2.75) is 33.1 Å². The first kappa shape index (κ1) is 15.5. The number of amides is 1. The molecule has 7 heteroatoms. The van der Waals surface area contributed by atoms with Gasteiger partial charge in [-0.2, -0.15) is 0 Å². The molecular weight excluding hydrogens is 290 g/mol. The number of nitrogens with zero attached hydrogens (tertiary/aromatic N) is 2. The Labute approximate surface area is 124 Å². The Hall–Kier alpha value is -1.89. The van der Waals surface area contributed by atoms with Crippen LogP contribution in [0.2, 0.25) is 0 Å². The molecule has 1 aromatic rings. The molecule has 0 atom stereocenters. The summed E-state index contributed by atoms with van der Waals surface area (Å²) in [5.74, 6) is -0.202. The smallest absolute Gasteiger partial charge is 0.268 e. The first-order chi connectivity index (χ1) is 9.95. The molecule has 1 aromatic heterocycles. The fraction of sp³-hybridized carbons (Fsp3) is 0.429. The summed E-state index contributed by atoms with van der Waals surface area (Å²) < 4.78 is 25.8. The predicted octanol–water partition coefficient (Wildman–Crippen LogP) is 1.50. The molecule has 1 aliphatic carbocycles. The second kappa shape index (κ2) is 6.26. The minimum atomic E-state index is -3.65. The second-order valence-electron chi connectivity index (χ2n) is 4.94. The van der Waals surface area contributed by atoms with Gasteiger partial charge < -0.3 is 5.32 Å². The monoisotopic (exact) mass is 309 g/mol. The molecule has 0 fully saturated rings. The van der Waals surface area contributed by atoms with E-state index in [2.05, 4.69) is 10.3 Å². The third-order valence-electron chi connectivity index (χ3n) is 3.21. The van der Waals surface area contributed by atoms with E-state index in [1.54, 1.807) is 13.0 Å². The minimum absolute atomic E-state index is 0.139. The highest BCUT2D eigenvalue weighted by Crippen LogP contribution is 2.23. The van der Waals surface area contributed by atoms with Crippen molar-refractivity contribution in [3.63, 3.8) is 0 Å². The maximum atomic E-state index is 12.4. The SMILES string of the molecule is CCCCNC(=O)C1=CC(S(=O)(=O)n2cnc(C)c2)=CC1. The first-order valence-corrected chi connectivity index (χ1v) is 8.34. The maximum absolute atomic E-state index is 12.4. The highest BCUT2D eigenvalue weighted by molar-refractivity contribution is 7.94. The van der Waals surface area contributed by atoms with Gasteiger partial charge in [0.05, 0.1) is 10.6 Å². The molecule has 0 aromatic carbocycles. The first-order valence-electron chi connectivity index (χ1n) is 6.90. The highest BCUT2D eigenvalue weighted by Gasteiger charge is 2.24. The van der Waals surface area contributed by atoms with Crippen LogP contribution in [-0.4, -0.2) is 29.8 Å². The van der Waals surface area contributed by atoms with Crippen molar-refractivity contribution >= 4 is 15.9 Å². The Bertz CT molecular complexity index is 699. The van der Waals surface area contributed by atoms with Crippen LogP contribution in [0.5, 0.6) is 0 Å². The van der Waals surface area contributed by atoms with Crippen LogP contribution < -0.4 is 5.32 Å². The van der Waals surface area contributed by atoms with Crippen molar-refractivity contribution < 1.29 is 13.2 Å². The third-order valence-corrected chi connectivity index (χ3v) is 4.85. The van der Waals surface area contributed by atoms with Gasteiger partial charge in [-0.15, -0.1) is 0 Å². The highest BCUT2D eigenvalue weighted by atomic mass is 32.2. The molecule has 0 bridgehead atoms. The molecule has 1 N–H and O–H groups in total. The van der Waals surface area contributed by atoms with E-state index >= 15 is 0 Å². The molecule has 21 heavy (non-hydrogen) atoms. The van der Waals surface area contributed by atoms with E-state index in [9.17, 15) is 13.2 Å². The summed E-state index contributed by atoms with van der Waals surface area (Å²) in [5, 5.41) is 2.79. The molecule has 114 valence electrons. The number of rotatable bonds is 6. The number of aryl methyl sites for hydroxylation is 1. The summed E-state index contributed by atoms with van der Waals surface area (Å²) in [6, 6.07) is 0. The van der Waals surface area contributed by atoms with Crippen LogP contribution in [0.3, 0.4) is 0 Å². The van der Waals surface area contributed by atoms with Crippen molar-refractivity contribution in [3.8, 4) is 0 Å². The van der Waals surface area contributed by atoms with Crippen LogP contribution >= 0.6 is 0 Å². The number of nitrogens with one attached hydrogen (secondary N) is 1. The summed E-state index contributed by atoms with van der Waals surface area (Å²) in [7, 11) is -3.65. The largest absolute Gasteiger partial charge is 0.352 e. The quantitative estimate of drug-likeness (QED) is 0.807. The van der Waals surface area contributed by atoms with Gasteiger partial charge in [0, 0.05) is 18.3 Å². The van der Waals surface area contributed by atoms with Crippen LogP contribution in [0.4, 0.5) is 0 Å². The van der Waals surface area contributed by atoms with Gasteiger partial charge in [-0.25, -0.2) is 17.4 Å². The summed E-state index contributed by atoms with van der Waals surface area (Å²) in [5.41, 5.74) is 1.10. The molecule has 1 heterocycles. The zero-order valence-corrected chi connectivity index (χ0v) is 13.0. The van der Waals surface area contributed by atoms with Gasteiger partial charge >= 0.3 is 0 Å². The van der Waals surface area contributed by atoms with E-state index in [1.807, 2.05) is 6.92 Å². The summed E-state index contributed by atoms with van der Waals surface area (Å²) in [4.78, 5) is 16.0. The summed E-state index contributed by atoms with van der Waals surface area (Å²) >= 11 is 0. The van der Waals surface area contributed by atoms with E-state index in [0.29, 0.717) is 24.2 Å². The van der Waals surface area contributed by atoms with E-state index in [1.165, 1.54) is 18.6 Å². The number of unbranched alkanes of at least 4 members (excludes halogenated alkanes) is 1. The summed E-state index contributed by atoms with van der Waals surface area (Å²) in [6.07, 6.45) is 7.94. The van der Waals surface area contributed by atoms with Crippen LogP contribution in [0.15, 0.2) is 35.2 Å². The molecule has 0 saturated carbocycles. The molecule has 0 unspecified atom stereocenters. The molecule has 1 aliphatic rings. The summed E-state index contributed by atoms with van der Waals surface area (Å²) in [6.45, 7) is 4.37. The van der Waals surface area contributed by atoms with E-state index in [-0.39, 0.29) is 10.8 Å². The van der Waals surface area contributed by atoms with Gasteiger partial charge in [0.15, 0.2) is 0 Å². The van der Waals surface area contributed by atoms with Crippen molar-refractivity contribution in [1.29, 1.82) is 0 Å². The lowest BCUT2D eigenvalue weighted by molar-refractivity contribution is -0.117. The number of carbonyl (C=O) groups excluding carboxylic acids is 1. The molecule has 6 nitrogen and oxygen atoms in total. The maximum Gasteiger partial charge on any atom is 0.268 e. The molecule has 0 radical (unpaired) electrons. The number of hydrogen-bond acceptors (Lipinski definition) is 4. The van der Waals surface area contributed by atoms with Crippen LogP contribution in [0.25, 0.3) is 0 Å². The molecule has 2 rings (SSSR count). The average molecular weight is 309 g/mol. The second-order valence-corrected chi connectivity index (χ2v) is 6.78. The van der Waals surface area contributed by atoms with Gasteiger partial charge in [-0.05, 0) is 25.8 Å². The van der Waals surface area contributed by atoms with Crippen molar-refractivity contribution in [3.05, 3.63) is 40.8 Å². The van der Waals surface area contributed by atoms with Crippen molar-refractivity contribution in [1.82, 2.24) is 14.3 Å². The lowest BCUT2D eigenvalue weighted by Crippen LogP contribution is -2.25. The zero-order chi connectivity index (χ0) is 15.5. The number of allylic oxidation sites excluding steroid dienone is 2. The van der Waals surface area contributed by atoms with Crippen LogP contribution in [0, 0.1) is 6.92 Å². The van der Waals surface area contributed by atoms with E-state index in [0.717, 1.165) is 16.8 Å². The van der Waals surface area contributed by atoms with Crippen molar-refractivity contribution in [2.75, 3.05) is 6.54 Å². The molecule has 0 saturated heterocycles. The van der Waals surface area contributed by atoms with Gasteiger partial charge in [0.25, 0.3) is 10.0 Å². The lowest BCUT2D eigenvalue weighted by Gasteiger charge is -2.04. The van der Waals surface area contributed by atoms with Gasteiger partial charge in [0.1, 0.15) is 6.33 Å². The van der Waals surface area contributed by atoms with Crippen LogP contribution in [0.1, 0.15) is 31.9 Å². The number of carbonyl (C=O) groups is 1. The number of imidazole rings is 1. The topological polar surface area (TPSA) is 81.1 Å². The molecule has 0 aliphatic heterocycles. The van der Waals surface area contributed by atoms with Crippen LogP contribution in [-0.2, 0) is 14.8 Å². The van der Waals surface area contributed by atoms with Gasteiger partial charge in [0.2, 0.25) is 5.91 Å². The van der Waals surface area contributed by atoms with Gasteiger partial charge in [-0.3, -0.25) is 4.79 Å². The van der Waals surface area contributed by atoms with E-state index < -0.39 is 10.0 Å². The third kappa shape index (κ3) is 3.41. The zero-order valence-electron chi connectivity index (χ0n) is 12.2. The fourth-order valence-corrected chi connectivity index (χ4v) is 3.27. The fourth-order valence-electron chi connectivity index (χ4n) is 1.98. The van der Waals surface area contributed by atoms with Crippen molar-refractivity contribution in [2.24, 2.45) is 0 Å². The Balaban J connectivity index is 2.11. The number of aromatic nitrogens is 2. The Kier molecular flexibility index (Phi) is 4.62. The number of hydrogen-bond donors (Lipinski definition) is 1. The Morgan fingerprint density at radius 2 is 2.24 bits per heavy atom. The van der Waals surface area contributed by atoms with E-state index in [4.69, 9.17) is 0 Å². The molecular formula is C14H19N3O3S. The normalized spacial score (nSPS) is 14.8. The van der Waals surface area contributed by atoms with Gasteiger partial charge in [-0.1, -0.05) is 19.4 Å². The average Bonchev–Trinajstić information content (AvgIpc) is 3.08. The molecule has 1 amide bonds. The predicted molar refractivity (Wildman–Crippen MR) is 80.0 cm³/mol. The molecule has 0 spiro atoms.